The van der Waals surface area contributed by atoms with E-state index in [4.69, 9.17) is 0 Å². The van der Waals surface area contributed by atoms with Gasteiger partial charge in [-0.1, -0.05) is 49.1 Å². The molecule has 204 valence electrons. The highest BCUT2D eigenvalue weighted by Crippen LogP contribution is 2.39. The molecule has 37 heavy (non-hydrogen) atoms. The number of rotatable bonds is 10. The quantitative estimate of drug-likeness (QED) is 0.258. The third-order valence-electron chi connectivity index (χ3n) is 7.30. The largest absolute Gasteiger partial charge is 0.481 e. The Morgan fingerprint density at radius 3 is 2.22 bits per heavy atom. The first-order valence-electron chi connectivity index (χ1n) is 12.8. The SMILES string of the molecule is C[Si](C)(C)c1ccc([C@@H]2C[C@H](CC(=O)O)CCN2[C@H](CCc2cc(F)cc(F)c2)CCC(F)(F)F)cc1. The molecule has 1 heterocycles. The maximum Gasteiger partial charge on any atom is 0.389 e. The molecule has 0 saturated carbocycles. The van der Waals surface area contributed by atoms with Gasteiger partial charge in [0.1, 0.15) is 11.6 Å². The highest BCUT2D eigenvalue weighted by Gasteiger charge is 2.37. The average molecular weight is 542 g/mol. The topological polar surface area (TPSA) is 40.5 Å². The third-order valence-corrected chi connectivity index (χ3v) is 9.36. The van der Waals surface area contributed by atoms with Crippen LogP contribution in [0.1, 0.15) is 55.7 Å². The van der Waals surface area contributed by atoms with Gasteiger partial charge in [0.05, 0.1) is 8.07 Å². The van der Waals surface area contributed by atoms with Gasteiger partial charge in [0.15, 0.2) is 0 Å². The lowest BCUT2D eigenvalue weighted by atomic mass is 9.83. The van der Waals surface area contributed by atoms with E-state index in [1.807, 2.05) is 12.1 Å². The first-order valence-corrected chi connectivity index (χ1v) is 16.3. The Labute approximate surface area is 216 Å². The number of aryl methyl sites for hydroxylation is 1. The molecule has 1 N–H and O–H groups in total. The predicted octanol–water partition coefficient (Wildman–Crippen LogP) is 7.08. The van der Waals surface area contributed by atoms with Gasteiger partial charge in [-0.05, 0) is 67.8 Å². The van der Waals surface area contributed by atoms with Gasteiger partial charge in [-0.25, -0.2) is 8.78 Å². The van der Waals surface area contributed by atoms with E-state index in [1.165, 1.54) is 17.3 Å². The number of carboxylic acid groups (broad SMARTS) is 1. The molecule has 2 aromatic rings. The van der Waals surface area contributed by atoms with Crippen molar-refractivity contribution in [2.45, 2.75) is 82.8 Å². The van der Waals surface area contributed by atoms with Crippen molar-refractivity contribution < 1.29 is 31.9 Å². The van der Waals surface area contributed by atoms with Crippen molar-refractivity contribution in [2.24, 2.45) is 5.92 Å². The molecule has 3 atom stereocenters. The number of piperidine rings is 1. The fraction of sp³-hybridized carbons (Fsp3) is 0.536. The summed E-state index contributed by atoms with van der Waals surface area (Å²) in [4.78, 5) is 13.5. The second-order valence-corrected chi connectivity index (χ2v) is 16.3. The molecule has 0 amide bonds. The first-order chi connectivity index (χ1) is 17.2. The summed E-state index contributed by atoms with van der Waals surface area (Å²) >= 11 is 0. The van der Waals surface area contributed by atoms with Gasteiger partial charge in [0, 0.05) is 31.0 Å². The fourth-order valence-electron chi connectivity index (χ4n) is 5.35. The van der Waals surface area contributed by atoms with Crippen LogP contribution in [0.5, 0.6) is 0 Å². The third kappa shape index (κ3) is 8.92. The molecule has 0 aliphatic carbocycles. The first kappa shape index (κ1) is 29.3. The van der Waals surface area contributed by atoms with Gasteiger partial charge in [0.25, 0.3) is 0 Å². The Morgan fingerprint density at radius 1 is 1.05 bits per heavy atom. The van der Waals surface area contributed by atoms with Crippen molar-refractivity contribution in [3.63, 3.8) is 0 Å². The van der Waals surface area contributed by atoms with Gasteiger partial charge in [-0.3, -0.25) is 9.69 Å². The Bertz CT molecular complexity index is 1030. The van der Waals surface area contributed by atoms with Crippen LogP contribution < -0.4 is 5.19 Å². The van der Waals surface area contributed by atoms with Crippen LogP contribution >= 0.6 is 0 Å². The zero-order valence-corrected chi connectivity index (χ0v) is 22.6. The second kappa shape index (κ2) is 12.1. The molecule has 1 fully saturated rings. The van der Waals surface area contributed by atoms with Crippen LogP contribution in [0.2, 0.25) is 19.6 Å². The average Bonchev–Trinajstić information content (AvgIpc) is 2.77. The second-order valence-electron chi connectivity index (χ2n) is 11.2. The summed E-state index contributed by atoms with van der Waals surface area (Å²) in [6, 6.07) is 10.7. The highest BCUT2D eigenvalue weighted by molar-refractivity contribution is 6.88. The molecule has 0 bridgehead atoms. The van der Waals surface area contributed by atoms with Crippen molar-refractivity contribution in [3.05, 3.63) is 65.2 Å². The molecule has 0 aromatic heterocycles. The summed E-state index contributed by atoms with van der Waals surface area (Å²) in [6.45, 7) is 7.18. The van der Waals surface area contributed by atoms with E-state index in [2.05, 4.69) is 36.7 Å². The van der Waals surface area contributed by atoms with Crippen LogP contribution in [-0.2, 0) is 11.2 Å². The van der Waals surface area contributed by atoms with Gasteiger partial charge < -0.3 is 5.11 Å². The lowest BCUT2D eigenvalue weighted by Crippen LogP contribution is -2.45. The van der Waals surface area contributed by atoms with Gasteiger partial charge in [-0.2, -0.15) is 13.2 Å². The molecular formula is C28H36F5NO2Si. The van der Waals surface area contributed by atoms with Crippen LogP contribution in [0.15, 0.2) is 42.5 Å². The van der Waals surface area contributed by atoms with E-state index in [0.29, 0.717) is 31.4 Å². The fourth-order valence-corrected chi connectivity index (χ4v) is 6.52. The number of alkyl halides is 3. The molecule has 3 rings (SSSR count). The van der Waals surface area contributed by atoms with E-state index >= 15 is 0 Å². The standard InChI is InChI=1S/C28H36F5NO2Si/c1-37(2,3)25-8-5-21(6-9-25)26-16-20(17-27(35)36)11-13-34(26)24(10-12-28(31,32)33)7-4-19-14-22(29)18-23(30)15-19/h5-6,8-9,14-15,18,20,24,26H,4,7,10-13,16-17H2,1-3H3,(H,35,36)/t20-,24-,26+/m1/s1. The number of hydrogen-bond acceptors (Lipinski definition) is 2. The molecule has 2 aromatic carbocycles. The van der Waals surface area contributed by atoms with Gasteiger partial charge in [0.2, 0.25) is 0 Å². The van der Waals surface area contributed by atoms with Crippen LogP contribution in [0.4, 0.5) is 22.0 Å². The summed E-state index contributed by atoms with van der Waals surface area (Å²) in [7, 11) is -1.55. The Balaban J connectivity index is 1.90. The number of nitrogens with zero attached hydrogens (tertiary/aromatic N) is 1. The number of benzene rings is 2. The zero-order valence-electron chi connectivity index (χ0n) is 21.6. The van der Waals surface area contributed by atoms with Crippen molar-refractivity contribution in [2.75, 3.05) is 6.54 Å². The van der Waals surface area contributed by atoms with Crippen molar-refractivity contribution in [1.29, 1.82) is 0 Å². The number of carbonyl (C=O) groups is 1. The summed E-state index contributed by atoms with van der Waals surface area (Å²) in [6.07, 6.45) is -3.71. The van der Waals surface area contributed by atoms with Crippen LogP contribution in [0.3, 0.4) is 0 Å². The molecule has 0 unspecified atom stereocenters. The molecule has 3 nitrogen and oxygen atoms in total. The number of carboxylic acids is 1. The summed E-state index contributed by atoms with van der Waals surface area (Å²) in [5.41, 5.74) is 1.37. The van der Waals surface area contributed by atoms with Crippen molar-refractivity contribution >= 4 is 19.2 Å². The molecule has 1 aliphatic rings. The Hall–Kier alpha value is -2.26. The minimum Gasteiger partial charge on any atom is -0.481 e. The number of likely N-dealkylation sites (tertiary alicyclic amines) is 1. The monoisotopic (exact) mass is 541 g/mol. The summed E-state index contributed by atoms with van der Waals surface area (Å²) < 4.78 is 67.2. The van der Waals surface area contributed by atoms with E-state index in [0.717, 1.165) is 11.6 Å². The smallest absolute Gasteiger partial charge is 0.389 e. The normalized spacial score (nSPS) is 20.1. The zero-order chi connectivity index (χ0) is 27.4. The van der Waals surface area contributed by atoms with E-state index in [-0.39, 0.29) is 31.2 Å². The maximum atomic E-state index is 13.7. The van der Waals surface area contributed by atoms with Crippen molar-refractivity contribution in [1.82, 2.24) is 4.90 Å². The molecule has 1 aliphatic heterocycles. The van der Waals surface area contributed by atoms with Crippen LogP contribution in [0.25, 0.3) is 0 Å². The number of hydrogen-bond donors (Lipinski definition) is 1. The van der Waals surface area contributed by atoms with Gasteiger partial charge >= 0.3 is 12.1 Å². The molecule has 1 saturated heterocycles. The van der Waals surface area contributed by atoms with E-state index < -0.39 is 44.3 Å². The molecule has 0 spiro atoms. The van der Waals surface area contributed by atoms with Crippen LogP contribution in [-0.4, -0.2) is 42.8 Å². The number of halogens is 5. The highest BCUT2D eigenvalue weighted by atomic mass is 28.3. The summed E-state index contributed by atoms with van der Waals surface area (Å²) in [5, 5.41) is 10.6. The number of aliphatic carboxylic acids is 1. The Kier molecular flexibility index (Phi) is 9.55. The molecule has 0 radical (unpaired) electrons. The van der Waals surface area contributed by atoms with E-state index in [9.17, 15) is 31.9 Å². The summed E-state index contributed by atoms with van der Waals surface area (Å²) in [5.74, 6) is -2.38. The Morgan fingerprint density at radius 2 is 1.68 bits per heavy atom. The predicted molar refractivity (Wildman–Crippen MR) is 138 cm³/mol. The van der Waals surface area contributed by atoms with E-state index in [1.54, 1.807) is 0 Å². The molecule has 9 heteroatoms. The minimum atomic E-state index is -4.32. The maximum absolute atomic E-state index is 13.7. The van der Waals surface area contributed by atoms with Crippen LogP contribution in [0, 0.1) is 17.6 Å². The lowest BCUT2D eigenvalue weighted by Gasteiger charge is -2.44. The van der Waals surface area contributed by atoms with Gasteiger partial charge in [-0.15, -0.1) is 0 Å². The minimum absolute atomic E-state index is 0.0209. The molecular weight excluding hydrogens is 505 g/mol. The van der Waals surface area contributed by atoms with Crippen molar-refractivity contribution in [3.8, 4) is 0 Å². The lowest BCUT2D eigenvalue weighted by molar-refractivity contribution is -0.141.